The van der Waals surface area contributed by atoms with Gasteiger partial charge in [-0.25, -0.2) is 0 Å². The number of hydrogen-bond donors (Lipinski definition) is 1. The molecule has 1 fully saturated rings. The van der Waals surface area contributed by atoms with Crippen LogP contribution in [0.4, 0.5) is 0 Å². The molecule has 2 aliphatic rings. The molecule has 0 radical (unpaired) electrons. The van der Waals surface area contributed by atoms with Gasteiger partial charge in [0.1, 0.15) is 0 Å². The third-order valence-corrected chi connectivity index (χ3v) is 3.48. The van der Waals surface area contributed by atoms with Crippen molar-refractivity contribution in [2.24, 2.45) is 0 Å². The zero-order valence-corrected chi connectivity index (χ0v) is 11.2. The van der Waals surface area contributed by atoms with Crippen LogP contribution in [0.2, 0.25) is 0 Å². The second-order valence-electron chi connectivity index (χ2n) is 5.00. The molecular weight excluding hydrogens is 270 g/mol. The molecule has 0 saturated carbocycles. The first-order valence-electron chi connectivity index (χ1n) is 6.63. The minimum Gasteiger partial charge on any atom is -0.450 e. The van der Waals surface area contributed by atoms with Gasteiger partial charge in [-0.2, -0.15) is 0 Å². The number of nitrogens with one attached hydrogen (secondary N) is 1. The Labute approximate surface area is 121 Å². The summed E-state index contributed by atoms with van der Waals surface area (Å²) in [5.41, 5.74) is -0.302. The lowest BCUT2D eigenvalue weighted by Crippen LogP contribution is -2.34. The number of allylic oxidation sites excluding steroid dienone is 1. The number of hydrogen-bond acceptors (Lipinski definition) is 4. The largest absolute Gasteiger partial charge is 0.450 e. The number of benzene rings is 1. The van der Waals surface area contributed by atoms with Gasteiger partial charge in [0.15, 0.2) is 5.60 Å². The van der Waals surface area contributed by atoms with Crippen LogP contribution in [0, 0.1) is 0 Å². The molecule has 0 aromatic heterocycles. The highest BCUT2D eigenvalue weighted by Crippen LogP contribution is 2.32. The van der Waals surface area contributed by atoms with E-state index in [1.54, 1.807) is 36.4 Å². The minimum absolute atomic E-state index is 0.140. The van der Waals surface area contributed by atoms with E-state index in [0.29, 0.717) is 18.4 Å². The first-order valence-corrected chi connectivity index (χ1v) is 6.63. The van der Waals surface area contributed by atoms with Crippen molar-refractivity contribution in [2.75, 3.05) is 0 Å². The summed E-state index contributed by atoms with van der Waals surface area (Å²) >= 11 is 0. The second-order valence-corrected chi connectivity index (χ2v) is 5.00. The fraction of sp³-hybridized carbons (Fsp3) is 0.188. The van der Waals surface area contributed by atoms with Gasteiger partial charge in [0.25, 0.3) is 5.91 Å². The lowest BCUT2D eigenvalue weighted by molar-refractivity contribution is -0.143. The average molecular weight is 283 g/mol. The molecule has 1 aromatic rings. The van der Waals surface area contributed by atoms with E-state index in [-0.39, 0.29) is 23.4 Å². The van der Waals surface area contributed by atoms with Crippen LogP contribution in [0.5, 0.6) is 0 Å². The molecule has 1 aromatic carbocycles. The number of carbonyl (C=O) groups is 3. The van der Waals surface area contributed by atoms with Gasteiger partial charge in [0.2, 0.25) is 5.78 Å². The molecule has 1 aliphatic carbocycles. The molecule has 5 heteroatoms. The fourth-order valence-corrected chi connectivity index (χ4v) is 2.38. The van der Waals surface area contributed by atoms with E-state index in [2.05, 4.69) is 5.32 Å². The van der Waals surface area contributed by atoms with Crippen LogP contribution in [0.3, 0.4) is 0 Å². The van der Waals surface area contributed by atoms with E-state index in [1.807, 2.05) is 0 Å². The molecule has 21 heavy (non-hydrogen) atoms. The number of esters is 1. The predicted octanol–water partition coefficient (Wildman–Crippen LogP) is 1.52. The summed E-state index contributed by atoms with van der Waals surface area (Å²) in [5, 5.41) is 2.58. The van der Waals surface area contributed by atoms with Gasteiger partial charge in [-0.05, 0) is 30.4 Å². The summed E-state index contributed by atoms with van der Waals surface area (Å²) in [6.07, 6.45) is 5.19. The SMILES string of the molecule is O=C1CC[C@]2(C=CC(=O)C(NC(=O)c3ccccc3)=C2)O1. The molecule has 3 rings (SSSR count). The highest BCUT2D eigenvalue weighted by Gasteiger charge is 2.39. The normalized spacial score (nSPS) is 23.9. The number of rotatable bonds is 2. The number of carbonyl (C=O) groups excluding carboxylic acids is 3. The Balaban J connectivity index is 1.82. The number of amides is 1. The summed E-state index contributed by atoms with van der Waals surface area (Å²) in [4.78, 5) is 35.3. The van der Waals surface area contributed by atoms with Crippen molar-refractivity contribution in [3.05, 3.63) is 59.8 Å². The second kappa shape index (κ2) is 5.01. The quantitative estimate of drug-likeness (QED) is 0.835. The van der Waals surface area contributed by atoms with Gasteiger partial charge >= 0.3 is 5.97 Å². The van der Waals surface area contributed by atoms with Gasteiger partial charge in [0.05, 0.1) is 12.1 Å². The van der Waals surface area contributed by atoms with Crippen LogP contribution in [0.15, 0.2) is 54.3 Å². The molecule has 106 valence electrons. The van der Waals surface area contributed by atoms with E-state index in [9.17, 15) is 14.4 Å². The lowest BCUT2D eigenvalue weighted by atomic mass is 9.92. The Morgan fingerprint density at radius 3 is 2.62 bits per heavy atom. The lowest BCUT2D eigenvalue weighted by Gasteiger charge is -2.24. The van der Waals surface area contributed by atoms with E-state index in [4.69, 9.17) is 4.74 Å². The Morgan fingerprint density at radius 2 is 1.95 bits per heavy atom. The maximum atomic E-state index is 12.1. The van der Waals surface area contributed by atoms with Crippen molar-refractivity contribution in [1.29, 1.82) is 0 Å². The van der Waals surface area contributed by atoms with Crippen molar-refractivity contribution in [2.45, 2.75) is 18.4 Å². The molecular formula is C16H13NO4. The molecule has 1 amide bonds. The van der Waals surface area contributed by atoms with Gasteiger partial charge in [-0.1, -0.05) is 18.2 Å². The molecule has 1 atom stereocenters. The van der Waals surface area contributed by atoms with Gasteiger partial charge in [-0.3, -0.25) is 14.4 Å². The molecule has 1 N–H and O–H groups in total. The number of ketones is 1. The summed E-state index contributed by atoms with van der Waals surface area (Å²) < 4.78 is 5.25. The monoisotopic (exact) mass is 283 g/mol. The topological polar surface area (TPSA) is 72.5 Å². The average Bonchev–Trinajstić information content (AvgIpc) is 2.85. The Kier molecular flexibility index (Phi) is 3.17. The Hall–Kier alpha value is -2.69. The fourth-order valence-electron chi connectivity index (χ4n) is 2.38. The van der Waals surface area contributed by atoms with E-state index in [0.717, 1.165) is 0 Å². The third kappa shape index (κ3) is 2.63. The van der Waals surface area contributed by atoms with Gasteiger partial charge < -0.3 is 10.1 Å². The molecule has 0 unspecified atom stereocenters. The van der Waals surface area contributed by atoms with Crippen molar-refractivity contribution < 1.29 is 19.1 Å². The smallest absolute Gasteiger partial charge is 0.307 e. The predicted molar refractivity (Wildman–Crippen MR) is 74.2 cm³/mol. The van der Waals surface area contributed by atoms with Crippen molar-refractivity contribution in [3.8, 4) is 0 Å². The first-order chi connectivity index (χ1) is 10.1. The van der Waals surface area contributed by atoms with E-state index < -0.39 is 5.60 Å². The maximum Gasteiger partial charge on any atom is 0.307 e. The summed E-state index contributed by atoms with van der Waals surface area (Å²) in [6.45, 7) is 0. The molecule has 5 nitrogen and oxygen atoms in total. The van der Waals surface area contributed by atoms with Gasteiger partial charge in [-0.15, -0.1) is 0 Å². The maximum absolute atomic E-state index is 12.1. The van der Waals surface area contributed by atoms with Crippen LogP contribution < -0.4 is 5.32 Å². The summed E-state index contributed by atoms with van der Waals surface area (Å²) in [6, 6.07) is 8.60. The van der Waals surface area contributed by atoms with Gasteiger partial charge in [0, 0.05) is 12.0 Å². The van der Waals surface area contributed by atoms with Crippen LogP contribution in [-0.2, 0) is 14.3 Å². The highest BCUT2D eigenvalue weighted by atomic mass is 16.6. The zero-order valence-electron chi connectivity index (χ0n) is 11.2. The van der Waals surface area contributed by atoms with Crippen LogP contribution in [0.1, 0.15) is 23.2 Å². The minimum atomic E-state index is -0.899. The van der Waals surface area contributed by atoms with Crippen molar-refractivity contribution in [3.63, 3.8) is 0 Å². The Bertz CT molecular complexity index is 675. The van der Waals surface area contributed by atoms with Crippen molar-refractivity contribution in [1.82, 2.24) is 5.32 Å². The first kappa shape index (κ1) is 13.3. The zero-order chi connectivity index (χ0) is 14.9. The molecule has 1 aliphatic heterocycles. The molecule has 1 heterocycles. The summed E-state index contributed by atoms with van der Waals surface area (Å²) in [7, 11) is 0. The van der Waals surface area contributed by atoms with Crippen molar-refractivity contribution >= 4 is 17.7 Å². The molecule has 0 bridgehead atoms. The third-order valence-electron chi connectivity index (χ3n) is 3.48. The van der Waals surface area contributed by atoms with Crippen LogP contribution in [-0.4, -0.2) is 23.3 Å². The molecule has 1 saturated heterocycles. The summed E-state index contributed by atoms with van der Waals surface area (Å²) in [5.74, 6) is -0.989. The van der Waals surface area contributed by atoms with E-state index >= 15 is 0 Å². The van der Waals surface area contributed by atoms with Crippen LogP contribution >= 0.6 is 0 Å². The Morgan fingerprint density at radius 1 is 1.19 bits per heavy atom. The highest BCUT2D eigenvalue weighted by molar-refractivity contribution is 6.09. The standard InChI is InChI=1S/C16H13NO4/c18-13-6-8-16(9-7-14(19)21-16)10-12(13)17-15(20)11-4-2-1-3-5-11/h1-6,8,10H,7,9H2,(H,17,20)/t16-/m0/s1. The molecule has 1 spiro atoms. The van der Waals surface area contributed by atoms with Crippen LogP contribution in [0.25, 0.3) is 0 Å². The number of ether oxygens (including phenoxy) is 1. The van der Waals surface area contributed by atoms with E-state index in [1.165, 1.54) is 12.2 Å².